The molecule has 8 heteroatoms. The van der Waals surface area contributed by atoms with E-state index in [0.717, 1.165) is 6.07 Å². The first-order valence-corrected chi connectivity index (χ1v) is 7.02. The first kappa shape index (κ1) is 13.0. The second-order valence-electron chi connectivity index (χ2n) is 3.65. The molecule has 0 spiro atoms. The molecule has 2 rings (SSSR count). The van der Waals surface area contributed by atoms with Crippen LogP contribution in [0.3, 0.4) is 0 Å². The Labute approximate surface area is 108 Å². The second kappa shape index (κ2) is 4.70. The molecular weight excluding hydrogens is 290 g/mol. The van der Waals surface area contributed by atoms with Crippen molar-refractivity contribution in [2.75, 3.05) is 13.1 Å². The topological polar surface area (TPSA) is 58.2 Å². The van der Waals surface area contributed by atoms with Crippen molar-refractivity contribution in [2.24, 2.45) is 0 Å². The van der Waals surface area contributed by atoms with Gasteiger partial charge in [0, 0.05) is 19.1 Å². The van der Waals surface area contributed by atoms with Crippen LogP contribution in [0, 0.1) is 5.82 Å². The van der Waals surface area contributed by atoms with Gasteiger partial charge in [-0.15, -0.1) is 0 Å². The van der Waals surface area contributed by atoms with E-state index >= 15 is 0 Å². The molecule has 1 aromatic rings. The van der Waals surface area contributed by atoms with Gasteiger partial charge in [0.1, 0.15) is 4.90 Å². The second-order valence-corrected chi connectivity index (χ2v) is 6.12. The zero-order valence-electron chi connectivity index (χ0n) is 8.50. The van der Waals surface area contributed by atoms with E-state index in [9.17, 15) is 12.8 Å². The zero-order valence-corrected chi connectivity index (χ0v) is 10.8. The summed E-state index contributed by atoms with van der Waals surface area (Å²) in [6, 6.07) is 2.16. The van der Waals surface area contributed by atoms with Crippen LogP contribution in [0.2, 0.25) is 10.0 Å². The molecule has 1 heterocycles. The van der Waals surface area contributed by atoms with Gasteiger partial charge < -0.3 is 5.32 Å². The van der Waals surface area contributed by atoms with Crippen molar-refractivity contribution in [1.29, 1.82) is 0 Å². The van der Waals surface area contributed by atoms with Gasteiger partial charge in [0.15, 0.2) is 5.82 Å². The Morgan fingerprint density at radius 2 is 2.00 bits per heavy atom. The molecule has 0 atom stereocenters. The lowest BCUT2D eigenvalue weighted by molar-refractivity contribution is 0.410. The van der Waals surface area contributed by atoms with Crippen molar-refractivity contribution in [3.8, 4) is 0 Å². The predicted molar refractivity (Wildman–Crippen MR) is 63.4 cm³/mol. The molecule has 1 aliphatic heterocycles. The maximum atomic E-state index is 13.4. The third-order valence-corrected chi connectivity index (χ3v) is 4.73. The number of hydrogen-bond donors (Lipinski definition) is 2. The molecule has 0 amide bonds. The van der Waals surface area contributed by atoms with Crippen LogP contribution >= 0.6 is 23.2 Å². The van der Waals surface area contributed by atoms with Crippen molar-refractivity contribution >= 4 is 33.2 Å². The zero-order chi connectivity index (χ0) is 12.6. The van der Waals surface area contributed by atoms with Crippen LogP contribution < -0.4 is 10.0 Å². The first-order chi connectivity index (χ1) is 7.92. The third kappa shape index (κ3) is 2.56. The van der Waals surface area contributed by atoms with E-state index in [-0.39, 0.29) is 16.0 Å². The Hall–Kier alpha value is -0.400. The van der Waals surface area contributed by atoms with Gasteiger partial charge in [-0.3, -0.25) is 0 Å². The molecule has 0 radical (unpaired) electrons. The Kier molecular flexibility index (Phi) is 3.61. The minimum atomic E-state index is -3.81. The van der Waals surface area contributed by atoms with E-state index in [2.05, 4.69) is 10.0 Å². The van der Waals surface area contributed by atoms with Gasteiger partial charge in [-0.2, -0.15) is 0 Å². The Morgan fingerprint density at radius 1 is 1.35 bits per heavy atom. The molecular formula is C9H9Cl2FN2O2S. The van der Waals surface area contributed by atoms with Crippen molar-refractivity contribution in [3.05, 3.63) is 28.0 Å². The predicted octanol–water partition coefficient (Wildman–Crippen LogP) is 1.38. The van der Waals surface area contributed by atoms with Crippen LogP contribution in [-0.4, -0.2) is 27.5 Å². The number of nitrogens with one attached hydrogen (secondary N) is 2. The van der Waals surface area contributed by atoms with Gasteiger partial charge in [0.25, 0.3) is 0 Å². The van der Waals surface area contributed by atoms with Crippen LogP contribution in [0.15, 0.2) is 17.0 Å². The smallest absolute Gasteiger partial charge is 0.242 e. The maximum Gasteiger partial charge on any atom is 0.242 e. The Bertz CT molecular complexity index is 546. The van der Waals surface area contributed by atoms with Crippen LogP contribution in [0.1, 0.15) is 0 Å². The average Bonchev–Trinajstić information content (AvgIpc) is 2.20. The minimum absolute atomic E-state index is 0.185. The molecule has 0 aromatic heterocycles. The van der Waals surface area contributed by atoms with Gasteiger partial charge in [0.05, 0.1) is 10.0 Å². The summed E-state index contributed by atoms with van der Waals surface area (Å²) in [6.07, 6.45) is 0. The van der Waals surface area contributed by atoms with Crippen molar-refractivity contribution in [3.63, 3.8) is 0 Å². The van der Waals surface area contributed by atoms with Gasteiger partial charge in [-0.1, -0.05) is 23.2 Å². The molecule has 4 nitrogen and oxygen atoms in total. The Morgan fingerprint density at radius 3 is 2.53 bits per heavy atom. The summed E-state index contributed by atoms with van der Waals surface area (Å²) in [6.45, 7) is 1.10. The largest absolute Gasteiger partial charge is 0.313 e. The molecule has 1 aromatic carbocycles. The van der Waals surface area contributed by atoms with E-state index < -0.39 is 20.9 Å². The molecule has 17 heavy (non-hydrogen) atoms. The molecule has 1 aliphatic rings. The van der Waals surface area contributed by atoms with E-state index in [0.29, 0.717) is 13.1 Å². The standard InChI is InChI=1S/C9H9Cl2FN2O2S/c10-6-1-2-7(8(11)9(6)12)17(15,16)14-5-3-13-4-5/h1-2,5,13-14H,3-4H2. The highest BCUT2D eigenvalue weighted by atomic mass is 35.5. The number of sulfonamides is 1. The van der Waals surface area contributed by atoms with Gasteiger partial charge in [-0.25, -0.2) is 17.5 Å². The number of hydrogen-bond acceptors (Lipinski definition) is 3. The van der Waals surface area contributed by atoms with E-state index in [4.69, 9.17) is 23.2 Å². The van der Waals surface area contributed by atoms with Crippen molar-refractivity contribution < 1.29 is 12.8 Å². The fourth-order valence-electron chi connectivity index (χ4n) is 1.37. The van der Waals surface area contributed by atoms with E-state index in [1.54, 1.807) is 0 Å². The number of halogens is 3. The molecule has 0 unspecified atom stereocenters. The highest BCUT2D eigenvalue weighted by Gasteiger charge is 2.27. The van der Waals surface area contributed by atoms with Gasteiger partial charge in [-0.05, 0) is 12.1 Å². The van der Waals surface area contributed by atoms with Crippen LogP contribution in [0.4, 0.5) is 4.39 Å². The van der Waals surface area contributed by atoms with Crippen LogP contribution in [0.5, 0.6) is 0 Å². The summed E-state index contributed by atoms with van der Waals surface area (Å²) in [7, 11) is -3.81. The molecule has 1 saturated heterocycles. The summed E-state index contributed by atoms with van der Waals surface area (Å²) >= 11 is 11.1. The summed E-state index contributed by atoms with van der Waals surface area (Å²) in [5.41, 5.74) is 0. The van der Waals surface area contributed by atoms with Gasteiger partial charge >= 0.3 is 0 Å². The molecule has 94 valence electrons. The highest BCUT2D eigenvalue weighted by molar-refractivity contribution is 7.89. The highest BCUT2D eigenvalue weighted by Crippen LogP contribution is 2.29. The lowest BCUT2D eigenvalue weighted by atomic mass is 10.2. The summed E-state index contributed by atoms with van der Waals surface area (Å²) < 4.78 is 39.6. The lowest BCUT2D eigenvalue weighted by Gasteiger charge is -2.27. The molecule has 0 bridgehead atoms. The molecule has 2 N–H and O–H groups in total. The molecule has 1 fully saturated rings. The fraction of sp³-hybridized carbons (Fsp3) is 0.333. The third-order valence-electron chi connectivity index (χ3n) is 2.39. The minimum Gasteiger partial charge on any atom is -0.313 e. The SMILES string of the molecule is O=S(=O)(NC1CNC1)c1ccc(Cl)c(F)c1Cl. The summed E-state index contributed by atoms with van der Waals surface area (Å²) in [5, 5.41) is 2.22. The van der Waals surface area contributed by atoms with E-state index in [1.807, 2.05) is 0 Å². The normalized spacial score (nSPS) is 16.9. The summed E-state index contributed by atoms with van der Waals surface area (Å²) in [4.78, 5) is -0.298. The van der Waals surface area contributed by atoms with Crippen LogP contribution in [0.25, 0.3) is 0 Å². The lowest BCUT2D eigenvalue weighted by Crippen LogP contribution is -2.56. The van der Waals surface area contributed by atoms with Crippen molar-refractivity contribution in [2.45, 2.75) is 10.9 Å². The fourth-order valence-corrected chi connectivity index (χ4v) is 3.35. The maximum absolute atomic E-state index is 13.4. The Balaban J connectivity index is 2.35. The quantitative estimate of drug-likeness (QED) is 0.829. The molecule has 0 aliphatic carbocycles. The monoisotopic (exact) mass is 298 g/mol. The van der Waals surface area contributed by atoms with E-state index in [1.165, 1.54) is 6.07 Å². The first-order valence-electron chi connectivity index (χ1n) is 4.78. The number of rotatable bonds is 3. The average molecular weight is 299 g/mol. The molecule has 0 saturated carbocycles. The number of benzene rings is 1. The summed E-state index contributed by atoms with van der Waals surface area (Å²) in [5.74, 6) is -0.928. The van der Waals surface area contributed by atoms with Crippen molar-refractivity contribution in [1.82, 2.24) is 10.0 Å². The van der Waals surface area contributed by atoms with Gasteiger partial charge in [0.2, 0.25) is 10.0 Å². The van der Waals surface area contributed by atoms with Crippen LogP contribution in [-0.2, 0) is 10.0 Å².